The van der Waals surface area contributed by atoms with Crippen LogP contribution in [0.15, 0.2) is 51.9 Å². The highest BCUT2D eigenvalue weighted by Crippen LogP contribution is 2.51. The van der Waals surface area contributed by atoms with E-state index >= 15 is 0 Å². The number of allylic oxidation sites excluding steroid dienone is 3. The standard InChI is InChI=1S/C14H13NO2S/c1-2-17-13(16)10-9-18-14-7-4-3-5-12(14)15-8-6-11(10)14/h3-9,12H,2H2,1H3. The molecule has 2 aliphatic heterocycles. The van der Waals surface area contributed by atoms with Crippen molar-refractivity contribution in [2.75, 3.05) is 6.61 Å². The lowest BCUT2D eigenvalue weighted by Gasteiger charge is -2.35. The van der Waals surface area contributed by atoms with Crippen molar-refractivity contribution in [1.29, 1.82) is 0 Å². The minimum atomic E-state index is -0.245. The van der Waals surface area contributed by atoms with Crippen molar-refractivity contribution in [2.24, 2.45) is 4.99 Å². The van der Waals surface area contributed by atoms with Gasteiger partial charge in [-0.15, -0.1) is 11.8 Å². The zero-order valence-corrected chi connectivity index (χ0v) is 10.8. The summed E-state index contributed by atoms with van der Waals surface area (Å²) in [7, 11) is 0. The molecule has 3 nitrogen and oxygen atoms in total. The lowest BCUT2D eigenvalue weighted by Crippen LogP contribution is -2.39. The van der Waals surface area contributed by atoms with Crippen LogP contribution < -0.4 is 0 Å². The minimum absolute atomic E-state index is 0.0654. The van der Waals surface area contributed by atoms with Gasteiger partial charge in [0.1, 0.15) is 0 Å². The molecule has 1 aliphatic carbocycles. The summed E-state index contributed by atoms with van der Waals surface area (Å²) in [5.41, 5.74) is 1.67. The maximum absolute atomic E-state index is 11.9. The van der Waals surface area contributed by atoms with Crippen molar-refractivity contribution in [3.05, 3.63) is 46.9 Å². The predicted octanol–water partition coefficient (Wildman–Crippen LogP) is 2.42. The Balaban J connectivity index is 1.98. The van der Waals surface area contributed by atoms with E-state index < -0.39 is 0 Å². The van der Waals surface area contributed by atoms with Crippen LogP contribution in [0.3, 0.4) is 0 Å². The van der Waals surface area contributed by atoms with Gasteiger partial charge in [0.15, 0.2) is 0 Å². The van der Waals surface area contributed by atoms with Gasteiger partial charge >= 0.3 is 5.97 Å². The second kappa shape index (κ2) is 4.28. The zero-order valence-electron chi connectivity index (χ0n) is 10.00. The Morgan fingerprint density at radius 2 is 2.44 bits per heavy atom. The van der Waals surface area contributed by atoms with Gasteiger partial charge in [0.05, 0.1) is 23.0 Å². The van der Waals surface area contributed by atoms with Crippen molar-refractivity contribution in [1.82, 2.24) is 0 Å². The molecule has 0 aromatic heterocycles. The van der Waals surface area contributed by atoms with Crippen LogP contribution in [0.4, 0.5) is 0 Å². The molecule has 0 radical (unpaired) electrons. The molecule has 3 aliphatic rings. The lowest BCUT2D eigenvalue weighted by atomic mass is 9.82. The first-order valence-corrected chi connectivity index (χ1v) is 6.81. The third-order valence-electron chi connectivity index (χ3n) is 3.25. The number of dihydropyridines is 1. The SMILES string of the molecule is CCOC(=O)C1=CSC23C=CC=CC2N=CC=C13. The summed E-state index contributed by atoms with van der Waals surface area (Å²) >= 11 is 1.64. The molecule has 2 atom stereocenters. The summed E-state index contributed by atoms with van der Waals surface area (Å²) in [6.07, 6.45) is 11.9. The number of aliphatic imine (C=N–C) groups is 1. The molecule has 0 amide bonds. The number of rotatable bonds is 2. The molecule has 92 valence electrons. The van der Waals surface area contributed by atoms with Gasteiger partial charge in [-0.3, -0.25) is 4.99 Å². The van der Waals surface area contributed by atoms with Crippen LogP contribution >= 0.6 is 11.8 Å². The van der Waals surface area contributed by atoms with Crippen molar-refractivity contribution >= 4 is 23.9 Å². The lowest BCUT2D eigenvalue weighted by molar-refractivity contribution is -0.138. The van der Waals surface area contributed by atoms with Crippen LogP contribution in [-0.2, 0) is 9.53 Å². The van der Waals surface area contributed by atoms with Gasteiger partial charge in [-0.2, -0.15) is 0 Å². The van der Waals surface area contributed by atoms with E-state index in [1.165, 1.54) is 0 Å². The van der Waals surface area contributed by atoms with Crippen molar-refractivity contribution in [3.63, 3.8) is 0 Å². The molecule has 3 rings (SSSR count). The molecule has 1 spiro atoms. The Morgan fingerprint density at radius 3 is 3.28 bits per heavy atom. The van der Waals surface area contributed by atoms with Crippen LogP contribution in [0, 0.1) is 0 Å². The van der Waals surface area contributed by atoms with Gasteiger partial charge in [-0.25, -0.2) is 4.79 Å². The number of hydrogen-bond donors (Lipinski definition) is 0. The fourth-order valence-electron chi connectivity index (χ4n) is 2.42. The topological polar surface area (TPSA) is 38.7 Å². The Hall–Kier alpha value is -1.55. The summed E-state index contributed by atoms with van der Waals surface area (Å²) in [5.74, 6) is -0.245. The van der Waals surface area contributed by atoms with Crippen molar-refractivity contribution in [3.8, 4) is 0 Å². The maximum Gasteiger partial charge on any atom is 0.338 e. The van der Waals surface area contributed by atoms with Crippen LogP contribution in [0.1, 0.15) is 6.92 Å². The minimum Gasteiger partial charge on any atom is -0.462 e. The van der Waals surface area contributed by atoms with E-state index in [0.29, 0.717) is 12.2 Å². The first-order chi connectivity index (χ1) is 8.78. The van der Waals surface area contributed by atoms with Crippen LogP contribution in [0.5, 0.6) is 0 Å². The summed E-state index contributed by atoms with van der Waals surface area (Å²) in [6.45, 7) is 2.22. The molecule has 0 aromatic carbocycles. The van der Waals surface area contributed by atoms with E-state index in [9.17, 15) is 4.79 Å². The normalized spacial score (nSPS) is 31.5. The first kappa shape index (κ1) is 11.5. The highest BCUT2D eigenvalue weighted by molar-refractivity contribution is 8.04. The molecular weight excluding hydrogens is 246 g/mol. The van der Waals surface area contributed by atoms with Gasteiger partial charge in [0.2, 0.25) is 0 Å². The zero-order chi connectivity index (χ0) is 12.6. The Bertz CT molecular complexity index is 542. The molecule has 0 aromatic rings. The average Bonchev–Trinajstić information content (AvgIpc) is 2.76. The number of nitrogens with zero attached hydrogens (tertiary/aromatic N) is 1. The van der Waals surface area contributed by atoms with Crippen LogP contribution in [0.2, 0.25) is 0 Å². The predicted molar refractivity (Wildman–Crippen MR) is 73.7 cm³/mol. The van der Waals surface area contributed by atoms with Crippen LogP contribution in [-0.4, -0.2) is 29.6 Å². The number of carbonyl (C=O) groups is 1. The fourth-order valence-corrected chi connectivity index (χ4v) is 3.70. The van der Waals surface area contributed by atoms with Gasteiger partial charge in [0, 0.05) is 6.21 Å². The van der Waals surface area contributed by atoms with Crippen molar-refractivity contribution < 1.29 is 9.53 Å². The highest BCUT2D eigenvalue weighted by Gasteiger charge is 2.47. The molecule has 4 heteroatoms. The summed E-state index contributed by atoms with van der Waals surface area (Å²) < 4.78 is 4.86. The van der Waals surface area contributed by atoms with Crippen molar-refractivity contribution in [2.45, 2.75) is 17.7 Å². The van der Waals surface area contributed by atoms with E-state index in [2.05, 4.69) is 17.1 Å². The van der Waals surface area contributed by atoms with Gasteiger partial charge in [-0.05, 0) is 24.0 Å². The molecule has 0 fully saturated rings. The van der Waals surface area contributed by atoms with Crippen LogP contribution in [0.25, 0.3) is 0 Å². The number of esters is 1. The number of carbonyl (C=O) groups excluding carboxylic acids is 1. The smallest absolute Gasteiger partial charge is 0.338 e. The molecule has 0 bridgehead atoms. The van der Waals surface area contributed by atoms with Gasteiger partial charge < -0.3 is 4.74 Å². The second-order valence-corrected chi connectivity index (χ2v) is 5.38. The fraction of sp³-hybridized carbons (Fsp3) is 0.286. The summed E-state index contributed by atoms with van der Waals surface area (Å²) in [4.78, 5) is 16.4. The van der Waals surface area contributed by atoms with E-state index in [1.54, 1.807) is 18.0 Å². The third-order valence-corrected chi connectivity index (χ3v) is 4.59. The van der Waals surface area contributed by atoms with E-state index in [0.717, 1.165) is 5.57 Å². The molecule has 0 N–H and O–H groups in total. The van der Waals surface area contributed by atoms with E-state index in [-0.39, 0.29) is 16.8 Å². The largest absolute Gasteiger partial charge is 0.462 e. The summed E-state index contributed by atoms with van der Waals surface area (Å²) in [5, 5.41) is 1.90. The molecule has 18 heavy (non-hydrogen) atoms. The first-order valence-electron chi connectivity index (χ1n) is 5.93. The van der Waals surface area contributed by atoms with E-state index in [4.69, 9.17) is 4.74 Å². The molecule has 2 unspecified atom stereocenters. The molecule has 2 heterocycles. The monoisotopic (exact) mass is 259 g/mol. The summed E-state index contributed by atoms with van der Waals surface area (Å²) in [6, 6.07) is 0.0654. The Labute approximate surface area is 110 Å². The Morgan fingerprint density at radius 1 is 1.56 bits per heavy atom. The molecular formula is C14H13NO2S. The Kier molecular flexibility index (Phi) is 2.74. The number of hydrogen-bond acceptors (Lipinski definition) is 4. The number of ether oxygens (including phenoxy) is 1. The number of thioether (sulfide) groups is 1. The molecule has 0 saturated carbocycles. The van der Waals surface area contributed by atoms with E-state index in [1.807, 2.05) is 30.6 Å². The quantitative estimate of drug-likeness (QED) is 0.715. The third kappa shape index (κ3) is 1.52. The molecule has 0 saturated heterocycles. The maximum atomic E-state index is 11.9. The highest BCUT2D eigenvalue weighted by atomic mass is 32.2. The van der Waals surface area contributed by atoms with Gasteiger partial charge in [-0.1, -0.05) is 24.3 Å². The van der Waals surface area contributed by atoms with Gasteiger partial charge in [0.25, 0.3) is 0 Å². The second-order valence-electron chi connectivity index (χ2n) is 4.23. The average molecular weight is 259 g/mol.